The van der Waals surface area contributed by atoms with Crippen LogP contribution in [-0.4, -0.2) is 18.2 Å². The van der Waals surface area contributed by atoms with Crippen molar-refractivity contribution in [3.8, 4) is 0 Å². The summed E-state index contributed by atoms with van der Waals surface area (Å²) in [4.78, 5) is 2.21. The highest BCUT2D eigenvalue weighted by atomic mass is 32.1. The standard InChI is InChI=1S/C12H16N2S/c1-2-13-12(15)14-9-5-7-10-6-3-4-8-11(10)14/h3-4,6,8H,2,5,7,9H2,1H3,(H,13,15). The maximum Gasteiger partial charge on any atom is 0.173 e. The van der Waals surface area contributed by atoms with E-state index in [0.29, 0.717) is 0 Å². The molecule has 80 valence electrons. The highest BCUT2D eigenvalue weighted by Crippen LogP contribution is 2.26. The molecular weight excluding hydrogens is 204 g/mol. The van der Waals surface area contributed by atoms with Crippen LogP contribution >= 0.6 is 12.2 Å². The van der Waals surface area contributed by atoms with Gasteiger partial charge in [0.1, 0.15) is 0 Å². The smallest absolute Gasteiger partial charge is 0.173 e. The lowest BCUT2D eigenvalue weighted by molar-refractivity contribution is 0.767. The Morgan fingerprint density at radius 1 is 1.47 bits per heavy atom. The Balaban J connectivity index is 2.25. The molecule has 0 radical (unpaired) electrons. The van der Waals surface area contributed by atoms with Gasteiger partial charge >= 0.3 is 0 Å². The molecule has 0 spiro atoms. The van der Waals surface area contributed by atoms with Crippen LogP contribution in [0.2, 0.25) is 0 Å². The Morgan fingerprint density at radius 3 is 3.07 bits per heavy atom. The van der Waals surface area contributed by atoms with Crippen molar-refractivity contribution < 1.29 is 0 Å². The van der Waals surface area contributed by atoms with Gasteiger partial charge in [0.05, 0.1) is 0 Å². The number of nitrogens with one attached hydrogen (secondary N) is 1. The van der Waals surface area contributed by atoms with Crippen LogP contribution in [0, 0.1) is 0 Å². The molecule has 0 unspecified atom stereocenters. The van der Waals surface area contributed by atoms with Crippen LogP contribution in [0.1, 0.15) is 18.9 Å². The summed E-state index contributed by atoms with van der Waals surface area (Å²) < 4.78 is 0. The average Bonchev–Trinajstić information content (AvgIpc) is 2.28. The number of nitrogens with zero attached hydrogens (tertiary/aromatic N) is 1. The molecule has 3 heteroatoms. The van der Waals surface area contributed by atoms with Gasteiger partial charge in [-0.15, -0.1) is 0 Å². The van der Waals surface area contributed by atoms with Gasteiger partial charge in [-0.1, -0.05) is 18.2 Å². The molecule has 0 saturated carbocycles. The SMILES string of the molecule is CCNC(=S)N1CCCc2ccccc21. The molecule has 0 atom stereocenters. The van der Waals surface area contributed by atoms with E-state index in [0.717, 1.165) is 18.2 Å². The van der Waals surface area contributed by atoms with Crippen LogP contribution < -0.4 is 10.2 Å². The summed E-state index contributed by atoms with van der Waals surface area (Å²) in [6.45, 7) is 3.99. The first kappa shape index (κ1) is 10.4. The minimum Gasteiger partial charge on any atom is -0.363 e. The molecule has 0 aromatic heterocycles. The lowest BCUT2D eigenvalue weighted by Crippen LogP contribution is -2.42. The Morgan fingerprint density at radius 2 is 2.27 bits per heavy atom. The van der Waals surface area contributed by atoms with Crippen molar-refractivity contribution in [3.63, 3.8) is 0 Å². The van der Waals surface area contributed by atoms with Crippen LogP contribution in [0.15, 0.2) is 24.3 Å². The van der Waals surface area contributed by atoms with E-state index in [9.17, 15) is 0 Å². The van der Waals surface area contributed by atoms with Gasteiger partial charge in [0.25, 0.3) is 0 Å². The lowest BCUT2D eigenvalue weighted by atomic mass is 10.0. The normalized spacial score (nSPS) is 14.6. The maximum atomic E-state index is 5.36. The number of hydrogen-bond acceptors (Lipinski definition) is 1. The Kier molecular flexibility index (Phi) is 3.21. The predicted molar refractivity (Wildman–Crippen MR) is 68.4 cm³/mol. The van der Waals surface area contributed by atoms with Gasteiger partial charge in [-0.25, -0.2) is 0 Å². The summed E-state index contributed by atoms with van der Waals surface area (Å²) in [6.07, 6.45) is 2.35. The van der Waals surface area contributed by atoms with Gasteiger partial charge in [-0.3, -0.25) is 0 Å². The zero-order valence-corrected chi connectivity index (χ0v) is 9.81. The van der Waals surface area contributed by atoms with Gasteiger partial charge in [0.2, 0.25) is 0 Å². The van der Waals surface area contributed by atoms with Crippen molar-refractivity contribution in [2.24, 2.45) is 0 Å². The number of rotatable bonds is 1. The first-order chi connectivity index (χ1) is 7.33. The van der Waals surface area contributed by atoms with Crippen LogP contribution in [-0.2, 0) is 6.42 Å². The van der Waals surface area contributed by atoms with Crippen molar-refractivity contribution in [3.05, 3.63) is 29.8 Å². The molecule has 1 N–H and O–H groups in total. The second kappa shape index (κ2) is 4.62. The van der Waals surface area contributed by atoms with Crippen molar-refractivity contribution in [1.29, 1.82) is 0 Å². The lowest BCUT2D eigenvalue weighted by Gasteiger charge is -2.31. The third kappa shape index (κ3) is 2.12. The molecular formula is C12H16N2S. The second-order valence-corrected chi connectivity index (χ2v) is 4.11. The largest absolute Gasteiger partial charge is 0.363 e. The molecule has 1 heterocycles. The molecule has 1 aliphatic rings. The molecule has 1 aromatic carbocycles. The Bertz CT molecular complexity index is 362. The second-order valence-electron chi connectivity index (χ2n) is 3.72. The quantitative estimate of drug-likeness (QED) is 0.731. The van der Waals surface area contributed by atoms with Crippen molar-refractivity contribution in [1.82, 2.24) is 5.32 Å². The van der Waals surface area contributed by atoms with Gasteiger partial charge in [0, 0.05) is 18.8 Å². The third-order valence-corrected chi connectivity index (χ3v) is 3.05. The van der Waals surface area contributed by atoms with E-state index < -0.39 is 0 Å². The topological polar surface area (TPSA) is 15.3 Å². The molecule has 0 fully saturated rings. The van der Waals surface area contributed by atoms with Crippen LogP contribution in [0.5, 0.6) is 0 Å². The number of fused-ring (bicyclic) bond motifs is 1. The molecule has 2 rings (SSSR count). The van der Waals surface area contributed by atoms with E-state index in [1.165, 1.54) is 24.1 Å². The van der Waals surface area contributed by atoms with E-state index in [2.05, 4.69) is 41.4 Å². The number of thiocarbonyl (C=S) groups is 1. The van der Waals surface area contributed by atoms with Crippen LogP contribution in [0.3, 0.4) is 0 Å². The summed E-state index contributed by atoms with van der Waals surface area (Å²) in [5, 5.41) is 4.07. The van der Waals surface area contributed by atoms with Crippen LogP contribution in [0.4, 0.5) is 5.69 Å². The first-order valence-corrected chi connectivity index (χ1v) is 5.87. The first-order valence-electron chi connectivity index (χ1n) is 5.46. The Hall–Kier alpha value is -1.09. The summed E-state index contributed by atoms with van der Waals surface area (Å²) in [6, 6.07) is 8.51. The molecule has 0 amide bonds. The highest BCUT2D eigenvalue weighted by Gasteiger charge is 2.18. The number of hydrogen-bond donors (Lipinski definition) is 1. The highest BCUT2D eigenvalue weighted by molar-refractivity contribution is 7.80. The number of para-hydroxylation sites is 1. The number of aryl methyl sites for hydroxylation is 1. The van der Waals surface area contributed by atoms with Crippen LogP contribution in [0.25, 0.3) is 0 Å². The van der Waals surface area contributed by atoms with E-state index in [-0.39, 0.29) is 0 Å². The molecule has 0 bridgehead atoms. The zero-order chi connectivity index (χ0) is 10.7. The fourth-order valence-electron chi connectivity index (χ4n) is 1.99. The summed E-state index contributed by atoms with van der Waals surface area (Å²) in [5.74, 6) is 0. The molecule has 2 nitrogen and oxygen atoms in total. The number of benzene rings is 1. The van der Waals surface area contributed by atoms with Gasteiger partial charge in [-0.2, -0.15) is 0 Å². The summed E-state index contributed by atoms with van der Waals surface area (Å²) in [7, 11) is 0. The van der Waals surface area contributed by atoms with E-state index in [1.54, 1.807) is 0 Å². The van der Waals surface area contributed by atoms with E-state index >= 15 is 0 Å². The van der Waals surface area contributed by atoms with Crippen molar-refractivity contribution in [2.75, 3.05) is 18.0 Å². The zero-order valence-electron chi connectivity index (χ0n) is 8.99. The summed E-state index contributed by atoms with van der Waals surface area (Å²) in [5.41, 5.74) is 2.68. The summed E-state index contributed by atoms with van der Waals surface area (Å²) >= 11 is 5.36. The van der Waals surface area contributed by atoms with Crippen molar-refractivity contribution in [2.45, 2.75) is 19.8 Å². The Labute approximate surface area is 96.3 Å². The van der Waals surface area contributed by atoms with E-state index in [4.69, 9.17) is 12.2 Å². The molecule has 1 aromatic rings. The average molecular weight is 220 g/mol. The van der Waals surface area contributed by atoms with Crippen molar-refractivity contribution >= 4 is 23.0 Å². The number of anilines is 1. The fourth-order valence-corrected chi connectivity index (χ4v) is 2.33. The predicted octanol–water partition coefficient (Wildman–Crippen LogP) is 2.33. The van der Waals surface area contributed by atoms with Gasteiger partial charge in [-0.05, 0) is 43.6 Å². The molecule has 0 saturated heterocycles. The van der Waals surface area contributed by atoms with E-state index in [1.807, 2.05) is 0 Å². The fraction of sp³-hybridized carbons (Fsp3) is 0.417. The van der Waals surface area contributed by atoms with Gasteiger partial charge in [0.15, 0.2) is 5.11 Å². The monoisotopic (exact) mass is 220 g/mol. The minimum absolute atomic E-state index is 0.852. The molecule has 1 aliphatic heterocycles. The third-order valence-electron chi connectivity index (χ3n) is 2.68. The van der Waals surface area contributed by atoms with Gasteiger partial charge < -0.3 is 10.2 Å². The maximum absolute atomic E-state index is 5.36. The molecule has 0 aliphatic carbocycles. The minimum atomic E-state index is 0.852. The molecule has 15 heavy (non-hydrogen) atoms.